The van der Waals surface area contributed by atoms with Crippen molar-refractivity contribution in [2.24, 2.45) is 10.9 Å². The summed E-state index contributed by atoms with van der Waals surface area (Å²) >= 11 is 1.92. The van der Waals surface area contributed by atoms with E-state index >= 15 is 0 Å². The quantitative estimate of drug-likeness (QED) is 0.838. The van der Waals surface area contributed by atoms with E-state index in [1.807, 2.05) is 11.8 Å². The van der Waals surface area contributed by atoms with E-state index < -0.39 is 0 Å². The molecule has 2 aliphatic rings. The molecule has 0 aromatic carbocycles. The molecule has 0 unspecified atom stereocenters. The van der Waals surface area contributed by atoms with Crippen molar-refractivity contribution in [3.63, 3.8) is 0 Å². The van der Waals surface area contributed by atoms with Crippen LogP contribution in [0.15, 0.2) is 4.99 Å². The molecule has 2 rings (SSSR count). The number of aliphatic imine (C=N–C) groups is 1. The molecule has 0 radical (unpaired) electrons. The minimum Gasteiger partial charge on any atom is -0.359 e. The lowest BCUT2D eigenvalue weighted by Crippen LogP contribution is -2.46. The molecular formula is C13H25N3S. The van der Waals surface area contributed by atoms with Gasteiger partial charge in [0.05, 0.1) is 6.54 Å². The minimum absolute atomic E-state index is 0.383. The second kappa shape index (κ2) is 5.61. The number of rotatable bonds is 3. The van der Waals surface area contributed by atoms with E-state index in [9.17, 15) is 0 Å². The molecule has 98 valence electrons. The van der Waals surface area contributed by atoms with Crippen LogP contribution in [-0.2, 0) is 0 Å². The van der Waals surface area contributed by atoms with Crippen LogP contribution in [0.4, 0.5) is 0 Å². The zero-order chi connectivity index (χ0) is 12.3. The van der Waals surface area contributed by atoms with Gasteiger partial charge >= 0.3 is 0 Å². The predicted molar refractivity (Wildman–Crippen MR) is 76.8 cm³/mol. The number of hydrogen-bond acceptors (Lipinski definition) is 3. The summed E-state index contributed by atoms with van der Waals surface area (Å²) in [5, 5.41) is 4.88. The number of likely N-dealkylation sites (N-methyl/N-ethyl adjacent to an activating group) is 1. The van der Waals surface area contributed by atoms with Crippen LogP contribution in [0.2, 0.25) is 0 Å². The van der Waals surface area contributed by atoms with Gasteiger partial charge in [0.2, 0.25) is 0 Å². The molecule has 0 atom stereocenters. The maximum Gasteiger partial charge on any atom is 0.157 e. The first-order valence-electron chi connectivity index (χ1n) is 6.70. The van der Waals surface area contributed by atoms with Gasteiger partial charge < -0.3 is 10.2 Å². The van der Waals surface area contributed by atoms with Crippen LogP contribution in [0, 0.1) is 5.92 Å². The average Bonchev–Trinajstić information content (AvgIpc) is 2.67. The summed E-state index contributed by atoms with van der Waals surface area (Å²) in [7, 11) is 4.19. The highest BCUT2D eigenvalue weighted by Gasteiger charge is 2.39. The average molecular weight is 255 g/mol. The zero-order valence-corrected chi connectivity index (χ0v) is 12.1. The van der Waals surface area contributed by atoms with Crippen molar-refractivity contribution in [2.75, 3.05) is 32.9 Å². The molecule has 0 bridgehead atoms. The van der Waals surface area contributed by atoms with Crippen molar-refractivity contribution in [3.05, 3.63) is 0 Å². The van der Waals surface area contributed by atoms with Gasteiger partial charge in [-0.05, 0) is 45.7 Å². The highest BCUT2D eigenvalue weighted by Crippen LogP contribution is 2.38. The maximum atomic E-state index is 4.66. The van der Waals surface area contributed by atoms with Crippen LogP contribution in [0.25, 0.3) is 0 Å². The van der Waals surface area contributed by atoms with E-state index in [0.717, 1.165) is 19.0 Å². The van der Waals surface area contributed by atoms with Crippen LogP contribution in [-0.4, -0.2) is 48.5 Å². The lowest BCUT2D eigenvalue weighted by molar-refractivity contribution is 0.250. The summed E-state index contributed by atoms with van der Waals surface area (Å²) in [5.74, 6) is 2.14. The van der Waals surface area contributed by atoms with Crippen molar-refractivity contribution < 1.29 is 0 Å². The Bertz CT molecular complexity index is 280. The normalized spacial score (nSPS) is 35.8. The first kappa shape index (κ1) is 13.2. The second-order valence-electron chi connectivity index (χ2n) is 5.87. The first-order valence-corrected chi connectivity index (χ1v) is 7.68. The predicted octanol–water partition coefficient (Wildman–Crippen LogP) is 2.19. The SMILES string of the molecule is CC1CCC2(CC1)CSC(=NCCN(C)C)N2. The van der Waals surface area contributed by atoms with Gasteiger partial charge in [-0.15, -0.1) is 0 Å². The van der Waals surface area contributed by atoms with E-state index in [2.05, 4.69) is 36.2 Å². The maximum absolute atomic E-state index is 4.66. The Hall–Kier alpha value is -0.220. The molecule has 1 aliphatic heterocycles. The standard InChI is InChI=1S/C13H25N3S/c1-11-4-6-13(7-5-11)10-17-12(15-13)14-8-9-16(2)3/h11H,4-10H2,1-3H3,(H,14,15). The van der Waals surface area contributed by atoms with Gasteiger partial charge in [0.25, 0.3) is 0 Å². The largest absolute Gasteiger partial charge is 0.359 e. The fourth-order valence-electron chi connectivity index (χ4n) is 2.53. The van der Waals surface area contributed by atoms with Gasteiger partial charge in [-0.2, -0.15) is 0 Å². The Morgan fingerprint density at radius 3 is 2.76 bits per heavy atom. The van der Waals surface area contributed by atoms with E-state index in [0.29, 0.717) is 5.54 Å². The van der Waals surface area contributed by atoms with Crippen LogP contribution in [0.3, 0.4) is 0 Å². The topological polar surface area (TPSA) is 27.6 Å². The molecule has 1 heterocycles. The Morgan fingerprint density at radius 2 is 2.12 bits per heavy atom. The smallest absolute Gasteiger partial charge is 0.157 e. The molecular weight excluding hydrogens is 230 g/mol. The van der Waals surface area contributed by atoms with E-state index in [-0.39, 0.29) is 0 Å². The molecule has 1 saturated carbocycles. The van der Waals surface area contributed by atoms with E-state index in [1.54, 1.807) is 0 Å². The summed E-state index contributed by atoms with van der Waals surface area (Å²) in [5.41, 5.74) is 0.383. The van der Waals surface area contributed by atoms with Crippen molar-refractivity contribution >= 4 is 16.9 Å². The lowest BCUT2D eigenvalue weighted by Gasteiger charge is -2.35. The number of hydrogen-bond donors (Lipinski definition) is 1. The van der Waals surface area contributed by atoms with Gasteiger partial charge in [0.15, 0.2) is 5.17 Å². The first-order chi connectivity index (χ1) is 8.10. The summed E-state index contributed by atoms with van der Waals surface area (Å²) in [6.07, 6.45) is 5.40. The van der Waals surface area contributed by atoms with Crippen molar-refractivity contribution in [2.45, 2.75) is 38.1 Å². The third-order valence-corrected chi connectivity index (χ3v) is 5.09. The minimum atomic E-state index is 0.383. The zero-order valence-electron chi connectivity index (χ0n) is 11.3. The van der Waals surface area contributed by atoms with E-state index in [1.165, 1.54) is 36.6 Å². The molecule has 1 spiro atoms. The Labute approximate surface area is 109 Å². The highest BCUT2D eigenvalue weighted by molar-refractivity contribution is 8.14. The molecule has 17 heavy (non-hydrogen) atoms. The van der Waals surface area contributed by atoms with Gasteiger partial charge in [-0.3, -0.25) is 4.99 Å². The van der Waals surface area contributed by atoms with Crippen LogP contribution in [0.1, 0.15) is 32.6 Å². The Kier molecular flexibility index (Phi) is 4.36. The highest BCUT2D eigenvalue weighted by atomic mass is 32.2. The van der Waals surface area contributed by atoms with Crippen LogP contribution in [0.5, 0.6) is 0 Å². The van der Waals surface area contributed by atoms with E-state index in [4.69, 9.17) is 0 Å². The van der Waals surface area contributed by atoms with Gasteiger partial charge in [0.1, 0.15) is 0 Å². The van der Waals surface area contributed by atoms with Crippen molar-refractivity contribution in [1.29, 1.82) is 0 Å². The summed E-state index contributed by atoms with van der Waals surface area (Å²) in [4.78, 5) is 6.84. The number of nitrogens with zero attached hydrogens (tertiary/aromatic N) is 2. The fourth-order valence-corrected chi connectivity index (χ4v) is 3.77. The van der Waals surface area contributed by atoms with Crippen molar-refractivity contribution in [1.82, 2.24) is 10.2 Å². The summed E-state index contributed by atoms with van der Waals surface area (Å²) < 4.78 is 0. The summed E-state index contributed by atoms with van der Waals surface area (Å²) in [6, 6.07) is 0. The summed E-state index contributed by atoms with van der Waals surface area (Å²) in [6.45, 7) is 4.33. The molecule has 0 aromatic rings. The third kappa shape index (κ3) is 3.62. The lowest BCUT2D eigenvalue weighted by atomic mass is 9.78. The molecule has 2 fully saturated rings. The Balaban J connectivity index is 1.82. The monoisotopic (exact) mass is 255 g/mol. The van der Waals surface area contributed by atoms with Gasteiger partial charge in [-0.1, -0.05) is 18.7 Å². The molecule has 0 aromatic heterocycles. The number of thioether (sulfide) groups is 1. The van der Waals surface area contributed by atoms with Crippen LogP contribution >= 0.6 is 11.8 Å². The van der Waals surface area contributed by atoms with Crippen LogP contribution < -0.4 is 5.32 Å². The fraction of sp³-hybridized carbons (Fsp3) is 0.923. The molecule has 1 aliphatic carbocycles. The second-order valence-corrected chi connectivity index (χ2v) is 6.83. The molecule has 0 amide bonds. The van der Waals surface area contributed by atoms with Crippen molar-refractivity contribution in [3.8, 4) is 0 Å². The molecule has 1 saturated heterocycles. The van der Waals surface area contributed by atoms with Gasteiger partial charge in [-0.25, -0.2) is 0 Å². The van der Waals surface area contributed by atoms with Gasteiger partial charge in [0, 0.05) is 17.8 Å². The number of amidine groups is 1. The molecule has 3 nitrogen and oxygen atoms in total. The molecule has 1 N–H and O–H groups in total. The number of nitrogens with one attached hydrogen (secondary N) is 1. The Morgan fingerprint density at radius 1 is 1.41 bits per heavy atom. The third-order valence-electron chi connectivity index (χ3n) is 3.89. The molecule has 4 heteroatoms.